The van der Waals surface area contributed by atoms with Crippen molar-refractivity contribution in [1.82, 2.24) is 0 Å². The lowest BCUT2D eigenvalue weighted by atomic mass is 9.81. The van der Waals surface area contributed by atoms with Gasteiger partial charge in [0.2, 0.25) is 0 Å². The summed E-state index contributed by atoms with van der Waals surface area (Å²) in [6.07, 6.45) is -0.156. The maximum atomic E-state index is 9.72. The first-order valence-corrected chi connectivity index (χ1v) is 7.77. The molecule has 0 amide bonds. The molecule has 0 aliphatic rings. The molecule has 0 saturated heterocycles. The first kappa shape index (κ1) is 18.0. The Labute approximate surface area is 129 Å². The van der Waals surface area contributed by atoms with Crippen LogP contribution in [0.1, 0.15) is 63.6 Å². The van der Waals surface area contributed by atoms with Gasteiger partial charge < -0.3 is 14.9 Å². The maximum Gasteiger partial charge on any atom is 0.126 e. The molecule has 0 spiro atoms. The molecule has 0 aliphatic heterocycles. The molecule has 1 aromatic carbocycles. The Bertz CT molecular complexity index is 460. The molecule has 0 fully saturated rings. The zero-order valence-electron chi connectivity index (χ0n) is 14.2. The third kappa shape index (κ3) is 4.72. The Kier molecular flexibility index (Phi) is 6.24. The Balaban J connectivity index is 3.32. The van der Waals surface area contributed by atoms with Gasteiger partial charge in [-0.25, -0.2) is 0 Å². The van der Waals surface area contributed by atoms with Gasteiger partial charge in [0.15, 0.2) is 0 Å². The fourth-order valence-corrected chi connectivity index (χ4v) is 2.64. The van der Waals surface area contributed by atoms with Crippen LogP contribution in [-0.4, -0.2) is 29.5 Å². The molecule has 0 aromatic heterocycles. The van der Waals surface area contributed by atoms with Gasteiger partial charge in [-0.3, -0.25) is 0 Å². The third-order valence-electron chi connectivity index (χ3n) is 3.73. The van der Waals surface area contributed by atoms with E-state index in [1.165, 1.54) is 11.1 Å². The number of hydrogen-bond acceptors (Lipinski definition) is 3. The first-order valence-electron chi connectivity index (χ1n) is 7.77. The summed E-state index contributed by atoms with van der Waals surface area (Å²) in [6.45, 7) is 13.1. The highest BCUT2D eigenvalue weighted by molar-refractivity contribution is 5.49. The normalized spacial score (nSPS) is 14.9. The zero-order chi connectivity index (χ0) is 16.2. The molecule has 0 heterocycles. The van der Waals surface area contributed by atoms with Gasteiger partial charge in [-0.15, -0.1) is 0 Å². The van der Waals surface area contributed by atoms with E-state index >= 15 is 0 Å². The quantitative estimate of drug-likeness (QED) is 0.843. The molecular weight excluding hydrogens is 264 g/mol. The number of aryl methyl sites for hydroxylation is 1. The van der Waals surface area contributed by atoms with Crippen LogP contribution in [0.3, 0.4) is 0 Å². The lowest BCUT2D eigenvalue weighted by Crippen LogP contribution is -2.18. The van der Waals surface area contributed by atoms with Crippen LogP contribution in [0.2, 0.25) is 0 Å². The Morgan fingerprint density at radius 3 is 2.33 bits per heavy atom. The Morgan fingerprint density at radius 2 is 1.86 bits per heavy atom. The molecule has 0 bridgehead atoms. The van der Waals surface area contributed by atoms with E-state index < -0.39 is 6.10 Å². The van der Waals surface area contributed by atoms with Gasteiger partial charge in [-0.05, 0) is 37.2 Å². The predicted octanol–water partition coefficient (Wildman–Crippen LogP) is 3.54. The molecule has 3 nitrogen and oxygen atoms in total. The summed E-state index contributed by atoms with van der Waals surface area (Å²) >= 11 is 0. The maximum absolute atomic E-state index is 9.72. The molecule has 0 radical (unpaired) electrons. The topological polar surface area (TPSA) is 49.7 Å². The van der Waals surface area contributed by atoms with Gasteiger partial charge in [-0.2, -0.15) is 0 Å². The van der Waals surface area contributed by atoms with Crippen LogP contribution < -0.4 is 4.74 Å². The SMILES string of the molecule is CCOc1c(C(C)CC(O)CO)cc(C)cc1C(C)(C)C. The lowest BCUT2D eigenvalue weighted by molar-refractivity contribution is 0.0832. The molecule has 120 valence electrons. The van der Waals surface area contributed by atoms with E-state index in [1.54, 1.807) is 0 Å². The Hall–Kier alpha value is -1.06. The second-order valence-electron chi connectivity index (χ2n) is 6.89. The van der Waals surface area contributed by atoms with Crippen LogP contribution in [0.15, 0.2) is 12.1 Å². The summed E-state index contributed by atoms with van der Waals surface area (Å²) in [7, 11) is 0. The van der Waals surface area contributed by atoms with Gasteiger partial charge in [0, 0.05) is 5.56 Å². The van der Waals surface area contributed by atoms with E-state index in [9.17, 15) is 5.11 Å². The van der Waals surface area contributed by atoms with Crippen LogP contribution in [0, 0.1) is 6.92 Å². The molecule has 1 rings (SSSR count). The molecule has 1 aromatic rings. The summed E-state index contributed by atoms with van der Waals surface area (Å²) in [4.78, 5) is 0. The van der Waals surface area contributed by atoms with E-state index in [0.29, 0.717) is 13.0 Å². The third-order valence-corrected chi connectivity index (χ3v) is 3.73. The largest absolute Gasteiger partial charge is 0.493 e. The number of hydrogen-bond donors (Lipinski definition) is 2. The average molecular weight is 294 g/mol. The number of benzene rings is 1. The number of ether oxygens (including phenoxy) is 1. The highest BCUT2D eigenvalue weighted by Crippen LogP contribution is 2.39. The first-order chi connectivity index (χ1) is 9.70. The van der Waals surface area contributed by atoms with Crippen LogP contribution in [-0.2, 0) is 5.41 Å². The summed E-state index contributed by atoms with van der Waals surface area (Å²) in [6, 6.07) is 4.32. The molecule has 0 aliphatic carbocycles. The fourth-order valence-electron chi connectivity index (χ4n) is 2.64. The van der Waals surface area contributed by atoms with E-state index in [4.69, 9.17) is 9.84 Å². The van der Waals surface area contributed by atoms with Crippen molar-refractivity contribution >= 4 is 0 Å². The van der Waals surface area contributed by atoms with Crippen molar-refractivity contribution in [2.24, 2.45) is 0 Å². The van der Waals surface area contributed by atoms with Crippen molar-refractivity contribution in [3.8, 4) is 5.75 Å². The van der Waals surface area contributed by atoms with E-state index in [2.05, 4.69) is 46.8 Å². The van der Waals surface area contributed by atoms with Crippen molar-refractivity contribution in [1.29, 1.82) is 0 Å². The smallest absolute Gasteiger partial charge is 0.126 e. The van der Waals surface area contributed by atoms with Crippen LogP contribution in [0.5, 0.6) is 5.75 Å². The average Bonchev–Trinajstić information content (AvgIpc) is 2.38. The second-order valence-corrected chi connectivity index (χ2v) is 6.89. The van der Waals surface area contributed by atoms with Crippen LogP contribution >= 0.6 is 0 Å². The minimum atomic E-state index is -0.687. The van der Waals surface area contributed by atoms with Gasteiger partial charge in [0.05, 0.1) is 19.3 Å². The predicted molar refractivity (Wildman–Crippen MR) is 87.2 cm³/mol. The van der Waals surface area contributed by atoms with Crippen molar-refractivity contribution in [3.63, 3.8) is 0 Å². The standard InChI is InChI=1S/C18H30O3/c1-7-21-17-15(13(3)10-14(20)11-19)8-12(2)9-16(17)18(4,5)6/h8-9,13-14,19-20H,7,10-11H2,1-6H3. The number of aliphatic hydroxyl groups is 2. The van der Waals surface area contributed by atoms with Crippen molar-refractivity contribution < 1.29 is 14.9 Å². The fraction of sp³-hybridized carbons (Fsp3) is 0.667. The number of rotatable bonds is 6. The second kappa shape index (κ2) is 7.28. The van der Waals surface area contributed by atoms with Crippen molar-refractivity contribution in [2.75, 3.05) is 13.2 Å². The molecule has 21 heavy (non-hydrogen) atoms. The zero-order valence-corrected chi connectivity index (χ0v) is 14.2. The van der Waals surface area contributed by atoms with E-state index in [1.807, 2.05) is 6.92 Å². The van der Waals surface area contributed by atoms with Gasteiger partial charge in [0.1, 0.15) is 5.75 Å². The van der Waals surface area contributed by atoms with Crippen molar-refractivity contribution in [2.45, 2.75) is 65.4 Å². The minimum absolute atomic E-state index is 0.000583. The monoisotopic (exact) mass is 294 g/mol. The molecule has 2 unspecified atom stereocenters. The molecule has 3 heteroatoms. The van der Waals surface area contributed by atoms with Crippen LogP contribution in [0.25, 0.3) is 0 Å². The van der Waals surface area contributed by atoms with Crippen LogP contribution in [0.4, 0.5) is 0 Å². The van der Waals surface area contributed by atoms with E-state index in [-0.39, 0.29) is 17.9 Å². The highest BCUT2D eigenvalue weighted by atomic mass is 16.5. The van der Waals surface area contributed by atoms with Gasteiger partial charge >= 0.3 is 0 Å². The summed E-state index contributed by atoms with van der Waals surface area (Å²) < 4.78 is 5.94. The van der Waals surface area contributed by atoms with E-state index in [0.717, 1.165) is 11.3 Å². The van der Waals surface area contributed by atoms with Crippen molar-refractivity contribution in [3.05, 3.63) is 28.8 Å². The van der Waals surface area contributed by atoms with Gasteiger partial charge in [0.25, 0.3) is 0 Å². The summed E-state index contributed by atoms with van der Waals surface area (Å²) in [5, 5.41) is 18.8. The number of aliphatic hydroxyl groups excluding tert-OH is 2. The highest BCUT2D eigenvalue weighted by Gasteiger charge is 2.25. The Morgan fingerprint density at radius 1 is 1.24 bits per heavy atom. The summed E-state index contributed by atoms with van der Waals surface area (Å²) in [5.41, 5.74) is 3.52. The molecule has 0 saturated carbocycles. The molecule has 2 N–H and O–H groups in total. The summed E-state index contributed by atoms with van der Waals surface area (Å²) in [5.74, 6) is 1.07. The van der Waals surface area contributed by atoms with Gasteiger partial charge in [-0.1, -0.05) is 45.4 Å². The molecule has 2 atom stereocenters. The minimum Gasteiger partial charge on any atom is -0.493 e. The molecular formula is C18H30O3. The lowest BCUT2D eigenvalue weighted by Gasteiger charge is -2.28.